The summed E-state index contributed by atoms with van der Waals surface area (Å²) in [4.78, 5) is 163. The normalized spacial score (nSPS) is 11.6. The third kappa shape index (κ3) is 31.3. The molecule has 0 saturated carbocycles. The van der Waals surface area contributed by atoms with Crippen molar-refractivity contribution in [1.29, 1.82) is 5.26 Å². The number of hydrogen-bond donors (Lipinski definition) is 7. The zero-order chi connectivity index (χ0) is 108. The van der Waals surface area contributed by atoms with Crippen LogP contribution in [-0.2, 0) is 56.8 Å². The van der Waals surface area contributed by atoms with E-state index in [0.717, 1.165) is 51.4 Å². The first-order chi connectivity index (χ1) is 63.9. The smallest absolute Gasteiger partial charge is 0.379 e. The fraction of sp³-hybridized carbons (Fsp3) is 0.394. The number of ketones is 1. The molecule has 0 bridgehead atoms. The number of aliphatic hydroxyl groups is 3. The third-order valence-corrected chi connectivity index (χ3v) is 22.5. The van der Waals surface area contributed by atoms with Crippen LogP contribution >= 0.6 is 0 Å². The number of phenolic OH excluding ortho intramolecular Hbond substituents is 4. The zero-order valence-electron chi connectivity index (χ0n) is 82.8. The summed E-state index contributed by atoms with van der Waals surface area (Å²) in [5, 5.41) is 153. The minimum atomic E-state index is -1.98. The van der Waals surface area contributed by atoms with Gasteiger partial charge in [0.1, 0.15) is 12.0 Å². The predicted molar refractivity (Wildman–Crippen MR) is 506 cm³/mol. The minimum Gasteiger partial charge on any atom is -0.508 e. The van der Waals surface area contributed by atoms with E-state index in [1.54, 1.807) is 119 Å². The van der Waals surface area contributed by atoms with Crippen LogP contribution in [0.5, 0.6) is 23.0 Å². The molecule has 0 amide bonds. The molecule has 5 atom stereocenters. The topological polar surface area (TPSA) is 669 Å². The standard InChI is InChI=1S/C16H23NO5.C13H18N2O4Si.2C12H15NO5.C12H13NO5.C11H13NO6.C9H9NO4.C9H10O2/c1-9-8-12(11(3)13(10(9)2)17(19)20)14(15(18)21-7)22-16(4,5)6;1-8-6-10(11(7-14)19-20(3,4)5)9(2)12(13(8)16)15(17)18;3*1-6-5-9(11(14)12(15)18-4)8(3)10(7(6)2)13(16)17;1-5-4-7(10(14)11(15)18-3)6(2)8(9(5)13)12(16)17;1-5-3-7(4-11)6(2)8(9(5)12)10(13)14;1-6-4-9(11)7(2)3-8(6)5-10/h8,14H,1-7H3;6,11,16H,1-5H3;2*5,11,14H,1-4H3;5H,1-4H3;4,10,13-14H,1-3H3;3-4,12H,1-2H3;3-5,11H,1-2H3/t14-;;11-;;;;;/m0.0...../s1. The molecule has 45 heteroatoms. The van der Waals surface area contributed by atoms with E-state index >= 15 is 0 Å². The molecule has 752 valence electrons. The summed E-state index contributed by atoms with van der Waals surface area (Å²) in [6.45, 7) is 43.1. The van der Waals surface area contributed by atoms with Crippen molar-refractivity contribution in [3.63, 3.8) is 0 Å². The number of carbonyl (C=O) groups is 8. The van der Waals surface area contributed by atoms with Crippen LogP contribution in [0.2, 0.25) is 19.6 Å². The molecular formula is C94H116N8O36Si. The van der Waals surface area contributed by atoms with E-state index in [9.17, 15) is 150 Å². The molecule has 0 aliphatic heterocycles. The molecule has 139 heavy (non-hydrogen) atoms. The summed E-state index contributed by atoms with van der Waals surface area (Å²) in [5.74, 6) is -6.04. The summed E-state index contributed by atoms with van der Waals surface area (Å²) in [5.41, 5.74) is 8.89. The lowest BCUT2D eigenvalue weighted by Crippen LogP contribution is -2.29. The van der Waals surface area contributed by atoms with E-state index in [1.165, 1.54) is 80.7 Å². The number of aldehydes is 2. The van der Waals surface area contributed by atoms with E-state index in [4.69, 9.17) is 13.9 Å². The van der Waals surface area contributed by atoms with Gasteiger partial charge in [-0.25, -0.2) is 24.0 Å². The first kappa shape index (κ1) is 122. The maximum Gasteiger partial charge on any atom is 0.379 e. The van der Waals surface area contributed by atoms with Crippen molar-refractivity contribution in [2.75, 3.05) is 35.5 Å². The van der Waals surface area contributed by atoms with E-state index in [-0.39, 0.29) is 112 Å². The molecule has 8 aromatic carbocycles. The van der Waals surface area contributed by atoms with Gasteiger partial charge in [0.25, 0.3) is 28.5 Å². The molecule has 44 nitrogen and oxygen atoms in total. The molecule has 0 aromatic heterocycles. The molecule has 3 unspecified atom stereocenters. The highest BCUT2D eigenvalue weighted by atomic mass is 28.4. The molecule has 0 heterocycles. The maximum atomic E-state index is 12.1. The quantitative estimate of drug-likeness (QED) is 0.00457. The van der Waals surface area contributed by atoms with Crippen LogP contribution < -0.4 is 0 Å². The first-order valence-corrected chi connectivity index (χ1v) is 44.7. The van der Waals surface area contributed by atoms with E-state index < -0.39 is 132 Å². The van der Waals surface area contributed by atoms with Crippen molar-refractivity contribution >= 4 is 96.3 Å². The van der Waals surface area contributed by atoms with Gasteiger partial charge in [0.2, 0.25) is 0 Å². The minimum absolute atomic E-state index is 0.0108. The van der Waals surface area contributed by atoms with Crippen LogP contribution in [-0.4, -0.2) is 168 Å². The van der Waals surface area contributed by atoms with Gasteiger partial charge in [-0.15, -0.1) is 0 Å². The van der Waals surface area contributed by atoms with Crippen molar-refractivity contribution < 1.29 is 141 Å². The number of methoxy groups -OCH3 is 5. The molecule has 0 fully saturated rings. The molecule has 0 saturated heterocycles. The Balaban J connectivity index is 0.000000799. The second-order valence-corrected chi connectivity index (χ2v) is 37.8. The number of benzene rings is 8. The van der Waals surface area contributed by atoms with Gasteiger partial charge in [-0.2, -0.15) is 5.26 Å². The molecule has 7 N–H and O–H groups in total. The third-order valence-electron chi connectivity index (χ3n) is 21.6. The van der Waals surface area contributed by atoms with E-state index in [0.29, 0.717) is 78.6 Å². The number of aryl methyl sites for hydroxylation is 9. The highest BCUT2D eigenvalue weighted by Crippen LogP contribution is 2.43. The molecule has 8 aromatic rings. The summed E-state index contributed by atoms with van der Waals surface area (Å²) in [7, 11) is 3.78. The number of nitro benzene ring substituents is 7. The number of aliphatic hydroxyl groups excluding tert-OH is 3. The molecular weight excluding hydrogens is 1850 g/mol. The van der Waals surface area contributed by atoms with Crippen molar-refractivity contribution in [2.24, 2.45) is 0 Å². The van der Waals surface area contributed by atoms with Gasteiger partial charge in [-0.1, -0.05) is 18.2 Å². The lowest BCUT2D eigenvalue weighted by atomic mass is 9.94. The van der Waals surface area contributed by atoms with Gasteiger partial charge in [0, 0.05) is 106 Å². The summed E-state index contributed by atoms with van der Waals surface area (Å²) in [6.07, 6.45) is -5.16. The number of ether oxygens (including phenoxy) is 6. The largest absolute Gasteiger partial charge is 0.508 e. The lowest BCUT2D eigenvalue weighted by molar-refractivity contribution is -0.386. The Morgan fingerprint density at radius 3 is 0.928 bits per heavy atom. The fourth-order valence-electron chi connectivity index (χ4n) is 13.5. The first-order valence-electron chi connectivity index (χ1n) is 41.3. The average molecular weight is 1960 g/mol. The Hall–Kier alpha value is -15.4. The fourth-order valence-corrected chi connectivity index (χ4v) is 14.4. The van der Waals surface area contributed by atoms with Crippen molar-refractivity contribution in [3.05, 3.63) is 281 Å². The van der Waals surface area contributed by atoms with Crippen LogP contribution in [0.15, 0.2) is 54.6 Å². The van der Waals surface area contributed by atoms with Crippen LogP contribution in [0, 0.1) is 221 Å². The van der Waals surface area contributed by atoms with E-state index in [1.807, 2.05) is 46.5 Å². The summed E-state index contributed by atoms with van der Waals surface area (Å²) < 4.78 is 33.9. The van der Waals surface area contributed by atoms with Crippen LogP contribution in [0.4, 0.5) is 39.8 Å². The van der Waals surface area contributed by atoms with Crippen molar-refractivity contribution in [3.8, 4) is 29.1 Å². The number of rotatable bonds is 23. The summed E-state index contributed by atoms with van der Waals surface area (Å²) in [6, 6.07) is 16.0. The Morgan fingerprint density at radius 2 is 0.626 bits per heavy atom. The Morgan fingerprint density at radius 1 is 0.353 bits per heavy atom. The number of nitriles is 1. The SMILES string of the molecule is COC(=O)C(=O)c1cc(C)c(C)c([N+](=O)[O-])c1C.COC(=O)C(O)c1cc(C)c(C)c([N+](=O)[O-])c1C.COC(=O)C(O)c1cc(C)c(O)c([N+](=O)[O-])c1C.COC(=O)[C@@H](O)c1cc(C)c(C)c([N+](=O)[O-])c1C.COC(=O)[C@@H](OC(C)(C)C)c1cc(C)c(C)c([N+](=O)[O-])c1C.Cc1cc(C(C#N)O[Si](C)(C)C)c(C)c([N+](=O)[O-])c1O.Cc1cc(C=O)c(C)c([N+](=O)[O-])c1O.Cc1cc(C=O)c(C)cc1O. The highest BCUT2D eigenvalue weighted by molar-refractivity contribution is 6.69. The van der Waals surface area contributed by atoms with Crippen molar-refractivity contribution in [1.82, 2.24) is 0 Å². The monoisotopic (exact) mass is 1960 g/mol. The molecule has 0 spiro atoms. The van der Waals surface area contributed by atoms with Crippen LogP contribution in [0.1, 0.15) is 221 Å². The van der Waals surface area contributed by atoms with Gasteiger partial charge in [0.05, 0.1) is 81.7 Å². The van der Waals surface area contributed by atoms with Crippen LogP contribution in [0.25, 0.3) is 0 Å². The Kier molecular flexibility index (Phi) is 45.6. The molecule has 8 rings (SSSR count). The van der Waals surface area contributed by atoms with Gasteiger partial charge in [-0.3, -0.25) is 85.2 Å². The average Bonchev–Trinajstić information content (AvgIpc) is 0.774. The molecule has 0 aliphatic rings. The van der Waals surface area contributed by atoms with Gasteiger partial charge in [-0.05, 0) is 265 Å². The molecule has 0 radical (unpaired) electrons. The Labute approximate surface area is 800 Å². The van der Waals surface area contributed by atoms with Gasteiger partial charge >= 0.3 is 46.9 Å². The number of nitro groups is 7. The maximum absolute atomic E-state index is 12.1. The van der Waals surface area contributed by atoms with Crippen molar-refractivity contribution in [2.45, 2.75) is 215 Å². The van der Waals surface area contributed by atoms with Crippen LogP contribution in [0.3, 0.4) is 0 Å². The molecule has 0 aliphatic carbocycles. The predicted octanol–water partition coefficient (Wildman–Crippen LogP) is 16.9. The number of nitrogens with zero attached hydrogens (tertiary/aromatic N) is 8. The lowest BCUT2D eigenvalue weighted by Gasteiger charge is -2.27. The number of Topliss-reactive ketones (excluding diaryl/α,β-unsaturated/α-hetero) is 1. The van der Waals surface area contributed by atoms with Gasteiger partial charge in [0.15, 0.2) is 62.4 Å². The second-order valence-electron chi connectivity index (χ2n) is 33.3. The van der Waals surface area contributed by atoms with Gasteiger partial charge < -0.3 is 68.6 Å². The second kappa shape index (κ2) is 52.1. The number of hydrogen-bond acceptors (Lipinski definition) is 37. The number of esters is 5. The number of aromatic hydroxyl groups is 4. The number of carbonyl (C=O) groups excluding carboxylic acids is 8. The zero-order valence-corrected chi connectivity index (χ0v) is 83.8. The summed E-state index contributed by atoms with van der Waals surface area (Å²) >= 11 is 0. The van der Waals surface area contributed by atoms with E-state index in [2.05, 4.69) is 18.9 Å². The number of phenols is 4. The highest BCUT2D eigenvalue weighted by Gasteiger charge is 2.37. The Bertz CT molecular complexity index is 5940.